The third kappa shape index (κ3) is 2.94. The van der Waals surface area contributed by atoms with Crippen LogP contribution in [0.5, 0.6) is 0 Å². The van der Waals surface area contributed by atoms with Crippen molar-refractivity contribution in [2.45, 2.75) is 33.1 Å². The highest BCUT2D eigenvalue weighted by Crippen LogP contribution is 2.22. The molecule has 94 valence electrons. The van der Waals surface area contributed by atoms with Crippen LogP contribution in [0.1, 0.15) is 32.2 Å². The molecule has 1 saturated heterocycles. The van der Waals surface area contributed by atoms with Gasteiger partial charge >= 0.3 is 0 Å². The third-order valence-electron chi connectivity index (χ3n) is 3.01. The van der Waals surface area contributed by atoms with E-state index < -0.39 is 0 Å². The number of rotatable bonds is 1. The van der Waals surface area contributed by atoms with Crippen LogP contribution in [0.2, 0.25) is 0 Å². The highest BCUT2D eigenvalue weighted by Gasteiger charge is 2.20. The lowest BCUT2D eigenvalue weighted by Crippen LogP contribution is -2.44. The average molecular weight is 234 g/mol. The van der Waals surface area contributed by atoms with Gasteiger partial charge in [0.15, 0.2) is 0 Å². The van der Waals surface area contributed by atoms with Crippen molar-refractivity contribution in [3.63, 3.8) is 0 Å². The molecule has 1 fully saturated rings. The zero-order valence-corrected chi connectivity index (χ0v) is 11.2. The number of nitrogens with one attached hydrogen (secondary N) is 1. The Morgan fingerprint density at radius 3 is 2.41 bits per heavy atom. The Morgan fingerprint density at radius 2 is 1.82 bits per heavy atom. The number of piperazine rings is 1. The van der Waals surface area contributed by atoms with Crippen molar-refractivity contribution in [2.75, 3.05) is 31.1 Å². The minimum atomic E-state index is 0.0798. The molecule has 4 nitrogen and oxygen atoms in total. The fourth-order valence-electron chi connectivity index (χ4n) is 1.94. The largest absolute Gasteiger partial charge is 0.338 e. The molecule has 0 amide bonds. The van der Waals surface area contributed by atoms with E-state index in [1.807, 2.05) is 6.92 Å². The van der Waals surface area contributed by atoms with E-state index in [4.69, 9.17) is 4.98 Å². The summed E-state index contributed by atoms with van der Waals surface area (Å²) in [5, 5.41) is 3.35. The van der Waals surface area contributed by atoms with Gasteiger partial charge in [0, 0.05) is 37.3 Å². The van der Waals surface area contributed by atoms with Crippen LogP contribution >= 0.6 is 0 Å². The average Bonchev–Trinajstić information content (AvgIpc) is 2.28. The highest BCUT2D eigenvalue weighted by molar-refractivity contribution is 5.34. The summed E-state index contributed by atoms with van der Waals surface area (Å²) < 4.78 is 0. The highest BCUT2D eigenvalue weighted by atomic mass is 15.3. The Balaban J connectivity index is 2.31. The second-order valence-corrected chi connectivity index (χ2v) is 5.68. The van der Waals surface area contributed by atoms with Gasteiger partial charge < -0.3 is 10.2 Å². The molecule has 17 heavy (non-hydrogen) atoms. The summed E-state index contributed by atoms with van der Waals surface area (Å²) in [5.41, 5.74) is 2.26. The first-order chi connectivity index (χ1) is 7.97. The molecule has 0 unspecified atom stereocenters. The Hall–Kier alpha value is -1.16. The lowest BCUT2D eigenvalue weighted by atomic mass is 9.91. The van der Waals surface area contributed by atoms with Gasteiger partial charge in [-0.15, -0.1) is 0 Å². The van der Waals surface area contributed by atoms with Crippen LogP contribution in [0.3, 0.4) is 0 Å². The molecule has 0 bridgehead atoms. The van der Waals surface area contributed by atoms with Gasteiger partial charge in [0.1, 0.15) is 0 Å². The Kier molecular flexibility index (Phi) is 3.33. The summed E-state index contributed by atoms with van der Waals surface area (Å²) in [6.45, 7) is 12.6. The molecule has 1 aliphatic rings. The molecule has 0 saturated carbocycles. The molecular formula is C13H22N4. The van der Waals surface area contributed by atoms with Crippen molar-refractivity contribution in [1.29, 1.82) is 0 Å². The maximum atomic E-state index is 4.72. The summed E-state index contributed by atoms with van der Waals surface area (Å²) in [7, 11) is 0. The van der Waals surface area contributed by atoms with E-state index in [9.17, 15) is 0 Å². The molecule has 1 aromatic rings. The van der Waals surface area contributed by atoms with Crippen LogP contribution in [0.25, 0.3) is 0 Å². The van der Waals surface area contributed by atoms with Crippen LogP contribution in [0.4, 0.5) is 5.95 Å². The second kappa shape index (κ2) is 4.61. The Labute approximate surface area is 103 Å². The van der Waals surface area contributed by atoms with Gasteiger partial charge in [0.2, 0.25) is 5.95 Å². The first kappa shape index (κ1) is 12.3. The van der Waals surface area contributed by atoms with E-state index in [0.717, 1.165) is 43.5 Å². The fourth-order valence-corrected chi connectivity index (χ4v) is 1.94. The molecule has 1 aromatic heterocycles. The van der Waals surface area contributed by atoms with Gasteiger partial charge in [-0.05, 0) is 13.0 Å². The Bertz CT molecular complexity index is 389. The van der Waals surface area contributed by atoms with Crippen molar-refractivity contribution < 1.29 is 0 Å². The smallest absolute Gasteiger partial charge is 0.225 e. The number of hydrogen-bond acceptors (Lipinski definition) is 4. The maximum absolute atomic E-state index is 4.72. The number of anilines is 1. The molecule has 0 aromatic carbocycles. The number of hydrogen-bond donors (Lipinski definition) is 1. The van der Waals surface area contributed by atoms with Gasteiger partial charge in [-0.3, -0.25) is 0 Å². The number of nitrogens with zero attached hydrogens (tertiary/aromatic N) is 3. The maximum Gasteiger partial charge on any atom is 0.225 e. The van der Waals surface area contributed by atoms with Crippen molar-refractivity contribution in [1.82, 2.24) is 15.3 Å². The molecule has 1 N–H and O–H groups in total. The van der Waals surface area contributed by atoms with E-state index in [1.54, 1.807) is 0 Å². The SMILES string of the molecule is Cc1cc(C(C)(C)C)nc(N2CCNCC2)n1. The van der Waals surface area contributed by atoms with Crippen LogP contribution in [-0.2, 0) is 5.41 Å². The normalized spacial score (nSPS) is 17.3. The van der Waals surface area contributed by atoms with Crippen molar-refractivity contribution in [3.05, 3.63) is 17.5 Å². The minimum Gasteiger partial charge on any atom is -0.338 e. The topological polar surface area (TPSA) is 41.1 Å². The molecule has 2 heterocycles. The van der Waals surface area contributed by atoms with Crippen molar-refractivity contribution in [2.24, 2.45) is 0 Å². The van der Waals surface area contributed by atoms with Crippen molar-refractivity contribution >= 4 is 5.95 Å². The molecule has 4 heteroatoms. The third-order valence-corrected chi connectivity index (χ3v) is 3.01. The van der Waals surface area contributed by atoms with Gasteiger partial charge in [-0.2, -0.15) is 0 Å². The van der Waals surface area contributed by atoms with Crippen LogP contribution in [-0.4, -0.2) is 36.1 Å². The molecule has 0 atom stereocenters. The molecule has 0 aliphatic carbocycles. The summed E-state index contributed by atoms with van der Waals surface area (Å²) in [5.74, 6) is 0.886. The Morgan fingerprint density at radius 1 is 1.18 bits per heavy atom. The lowest BCUT2D eigenvalue weighted by molar-refractivity contribution is 0.551. The summed E-state index contributed by atoms with van der Waals surface area (Å²) >= 11 is 0. The number of aromatic nitrogens is 2. The monoisotopic (exact) mass is 234 g/mol. The van der Waals surface area contributed by atoms with Gasteiger partial charge in [-0.1, -0.05) is 20.8 Å². The summed E-state index contributed by atoms with van der Waals surface area (Å²) in [6, 6.07) is 2.09. The predicted molar refractivity (Wildman–Crippen MR) is 70.6 cm³/mol. The van der Waals surface area contributed by atoms with E-state index >= 15 is 0 Å². The van der Waals surface area contributed by atoms with Crippen LogP contribution < -0.4 is 10.2 Å². The van der Waals surface area contributed by atoms with Gasteiger partial charge in [0.25, 0.3) is 0 Å². The van der Waals surface area contributed by atoms with Crippen LogP contribution in [0.15, 0.2) is 6.07 Å². The van der Waals surface area contributed by atoms with E-state index in [2.05, 4.69) is 42.0 Å². The molecular weight excluding hydrogens is 212 g/mol. The van der Waals surface area contributed by atoms with Crippen LogP contribution in [0, 0.1) is 6.92 Å². The van der Waals surface area contributed by atoms with Gasteiger partial charge in [0.05, 0.1) is 5.69 Å². The molecule has 2 rings (SSSR count). The second-order valence-electron chi connectivity index (χ2n) is 5.68. The van der Waals surface area contributed by atoms with E-state index in [1.165, 1.54) is 0 Å². The lowest BCUT2D eigenvalue weighted by Gasteiger charge is -2.29. The summed E-state index contributed by atoms with van der Waals surface area (Å²) in [6.07, 6.45) is 0. The summed E-state index contributed by atoms with van der Waals surface area (Å²) in [4.78, 5) is 11.5. The van der Waals surface area contributed by atoms with E-state index in [-0.39, 0.29) is 5.41 Å². The van der Waals surface area contributed by atoms with Crippen molar-refractivity contribution in [3.8, 4) is 0 Å². The minimum absolute atomic E-state index is 0.0798. The predicted octanol–water partition coefficient (Wildman–Crippen LogP) is 1.49. The molecule has 0 radical (unpaired) electrons. The first-order valence-electron chi connectivity index (χ1n) is 6.28. The van der Waals surface area contributed by atoms with E-state index in [0.29, 0.717) is 0 Å². The fraction of sp³-hybridized carbons (Fsp3) is 0.692. The standard InChI is InChI=1S/C13H22N4/c1-10-9-11(13(2,3)4)16-12(15-10)17-7-5-14-6-8-17/h9,14H,5-8H2,1-4H3. The zero-order valence-electron chi connectivity index (χ0n) is 11.2. The molecule has 1 aliphatic heterocycles. The molecule has 0 spiro atoms. The first-order valence-corrected chi connectivity index (χ1v) is 6.28. The van der Waals surface area contributed by atoms with Gasteiger partial charge in [-0.25, -0.2) is 9.97 Å². The zero-order chi connectivity index (χ0) is 12.5. The quantitative estimate of drug-likeness (QED) is 0.799. The number of aryl methyl sites for hydroxylation is 1.